The van der Waals surface area contributed by atoms with Crippen molar-refractivity contribution < 1.29 is 19.2 Å². The molecule has 1 saturated heterocycles. The molecule has 1 fully saturated rings. The Hall–Kier alpha value is -2.30. The molecule has 0 spiro atoms. The highest BCUT2D eigenvalue weighted by atomic mass is 16.2. The zero-order valence-electron chi connectivity index (χ0n) is 5.63. The molecule has 12 heavy (non-hydrogen) atoms. The van der Waals surface area contributed by atoms with E-state index in [1.165, 1.54) is 0 Å². The van der Waals surface area contributed by atoms with Gasteiger partial charge in [-0.15, -0.1) is 0 Å². The van der Waals surface area contributed by atoms with Crippen LogP contribution in [0, 0.1) is 10.8 Å². The molecule has 64 valence electrons. The molecule has 1 aliphatic rings. The van der Waals surface area contributed by atoms with Crippen LogP contribution in [0.1, 0.15) is 0 Å². The first kappa shape index (κ1) is 12.4. The standard InChI is InChI=1S/C2H2N2O2.2CHNO/c5-1-2(6)4-3-1;2*2-1-3/h(H,3,5)(H,4,6);2*2H. The van der Waals surface area contributed by atoms with Crippen LogP contribution >= 0.6 is 0 Å². The smallest absolute Gasteiger partial charge is 0.262 e. The van der Waals surface area contributed by atoms with Crippen LogP contribution in [0.15, 0.2) is 0 Å². The molecule has 0 radical (unpaired) electrons. The molecule has 4 N–H and O–H groups in total. The number of isocyanates is 2. The maximum Gasteiger partial charge on any atom is 0.329 e. The van der Waals surface area contributed by atoms with Crippen molar-refractivity contribution in [1.29, 1.82) is 10.8 Å². The van der Waals surface area contributed by atoms with Crippen molar-refractivity contribution in [2.75, 3.05) is 0 Å². The average molecular weight is 172 g/mol. The number of hydrogen-bond acceptors (Lipinski definition) is 6. The summed E-state index contributed by atoms with van der Waals surface area (Å²) in [5.41, 5.74) is 4.04. The molecule has 0 aromatic carbocycles. The molecule has 1 heterocycles. The predicted molar refractivity (Wildman–Crippen MR) is 33.1 cm³/mol. The third-order valence-corrected chi connectivity index (χ3v) is 0.496. The van der Waals surface area contributed by atoms with Crippen LogP contribution in [0.2, 0.25) is 0 Å². The number of carbonyl (C=O) groups is 2. The van der Waals surface area contributed by atoms with Gasteiger partial charge in [-0.2, -0.15) is 0 Å². The second kappa shape index (κ2) is 8.70. The number of rotatable bonds is 0. The molecule has 0 bridgehead atoms. The summed E-state index contributed by atoms with van der Waals surface area (Å²) in [6.45, 7) is 0. The molecule has 0 aliphatic carbocycles. The molecule has 8 nitrogen and oxygen atoms in total. The average Bonchev–Trinajstić information content (AvgIpc) is 2.04. The lowest BCUT2D eigenvalue weighted by Gasteiger charge is -2.11. The lowest BCUT2D eigenvalue weighted by Crippen LogP contribution is -2.60. The fourth-order valence-electron chi connectivity index (χ4n) is 0.165. The first-order chi connectivity index (χ1) is 5.63. The molecule has 0 unspecified atom stereocenters. The van der Waals surface area contributed by atoms with E-state index in [9.17, 15) is 9.59 Å². The molecule has 0 saturated carbocycles. The lowest BCUT2D eigenvalue weighted by molar-refractivity contribution is -0.148. The van der Waals surface area contributed by atoms with Gasteiger partial charge in [-0.3, -0.25) is 20.4 Å². The molecule has 1 aliphatic heterocycles. The Morgan fingerprint density at radius 2 is 1.08 bits per heavy atom. The van der Waals surface area contributed by atoms with Crippen LogP contribution in [-0.4, -0.2) is 24.0 Å². The van der Waals surface area contributed by atoms with Crippen molar-refractivity contribution in [2.45, 2.75) is 0 Å². The van der Waals surface area contributed by atoms with Crippen molar-refractivity contribution in [1.82, 2.24) is 10.9 Å². The largest absolute Gasteiger partial charge is 0.329 e. The van der Waals surface area contributed by atoms with E-state index in [0.717, 1.165) is 12.2 Å². The van der Waals surface area contributed by atoms with E-state index < -0.39 is 11.8 Å². The van der Waals surface area contributed by atoms with E-state index in [2.05, 4.69) is 0 Å². The highest BCUT2D eigenvalue weighted by molar-refractivity contribution is 6.40. The van der Waals surface area contributed by atoms with Gasteiger partial charge in [-0.25, -0.2) is 20.4 Å². The van der Waals surface area contributed by atoms with Gasteiger partial charge in [0.1, 0.15) is 0 Å². The van der Waals surface area contributed by atoms with E-state index >= 15 is 0 Å². The molecule has 8 heteroatoms. The predicted octanol–water partition coefficient (Wildman–Crippen LogP) is -2.05. The normalized spacial score (nSPS) is 10.3. The van der Waals surface area contributed by atoms with Crippen LogP contribution in [-0.2, 0) is 19.2 Å². The maximum atomic E-state index is 9.71. The summed E-state index contributed by atoms with van der Waals surface area (Å²) in [6, 6.07) is 0. The molecular weight excluding hydrogens is 168 g/mol. The van der Waals surface area contributed by atoms with Crippen molar-refractivity contribution >= 4 is 24.0 Å². The van der Waals surface area contributed by atoms with Gasteiger partial charge in [0.25, 0.3) is 0 Å². The minimum atomic E-state index is -0.560. The molecule has 0 aromatic heterocycles. The summed E-state index contributed by atoms with van der Waals surface area (Å²) in [5.74, 6) is -1.12. The summed E-state index contributed by atoms with van der Waals surface area (Å²) in [4.78, 5) is 36.1. The van der Waals surface area contributed by atoms with Crippen LogP contribution < -0.4 is 10.9 Å². The topological polar surface area (TPSA) is 140 Å². The summed E-state index contributed by atoms with van der Waals surface area (Å²) in [5, 5.41) is 10.8. The third-order valence-electron chi connectivity index (χ3n) is 0.496. The van der Waals surface area contributed by atoms with E-state index in [1.54, 1.807) is 0 Å². The fraction of sp³-hybridized carbons (Fsp3) is 0. The van der Waals surface area contributed by atoms with Crippen molar-refractivity contribution in [3.63, 3.8) is 0 Å². The number of hydrazine groups is 1. The number of hydrogen-bond donors (Lipinski definition) is 4. The Morgan fingerprint density at radius 3 is 1.08 bits per heavy atom. The van der Waals surface area contributed by atoms with Crippen molar-refractivity contribution in [3.8, 4) is 0 Å². The van der Waals surface area contributed by atoms with Gasteiger partial charge < -0.3 is 0 Å². The van der Waals surface area contributed by atoms with Crippen molar-refractivity contribution in [3.05, 3.63) is 0 Å². The summed E-state index contributed by atoms with van der Waals surface area (Å²) in [7, 11) is 0. The van der Waals surface area contributed by atoms with Crippen LogP contribution in [0.3, 0.4) is 0 Å². The number of nitrogens with one attached hydrogen (secondary N) is 4. The Bertz CT molecular complexity index is 209. The molecule has 0 atom stereocenters. The minimum absolute atomic E-state index is 0.560. The summed E-state index contributed by atoms with van der Waals surface area (Å²) < 4.78 is 0. The Kier molecular flexibility index (Phi) is 8.98. The number of amides is 2. The molecule has 0 aromatic rings. The van der Waals surface area contributed by atoms with Crippen LogP contribution in [0.5, 0.6) is 0 Å². The first-order valence-corrected chi connectivity index (χ1v) is 2.32. The third kappa shape index (κ3) is 7.70. The second-order valence-electron chi connectivity index (χ2n) is 1.11. The Labute approximate surface area is 65.9 Å². The molecule has 2 amide bonds. The van der Waals surface area contributed by atoms with Gasteiger partial charge in [0.05, 0.1) is 0 Å². The second-order valence-corrected chi connectivity index (χ2v) is 1.11. The lowest BCUT2D eigenvalue weighted by atomic mass is 10.5. The van der Waals surface area contributed by atoms with Gasteiger partial charge in [-0.05, 0) is 0 Å². The van der Waals surface area contributed by atoms with Gasteiger partial charge in [0.15, 0.2) is 0 Å². The SMILES string of the molecule is N=C=O.N=C=O.O=C1NNC1=O. The molecular formula is C4H4N4O4. The van der Waals surface area contributed by atoms with Crippen LogP contribution in [0.25, 0.3) is 0 Å². The maximum absolute atomic E-state index is 9.71. The monoisotopic (exact) mass is 172 g/mol. The van der Waals surface area contributed by atoms with Gasteiger partial charge in [0, 0.05) is 0 Å². The Morgan fingerprint density at radius 1 is 0.917 bits per heavy atom. The van der Waals surface area contributed by atoms with E-state index in [-0.39, 0.29) is 0 Å². The quantitative estimate of drug-likeness (QED) is 0.189. The summed E-state index contributed by atoms with van der Waals surface area (Å²) >= 11 is 0. The zero-order chi connectivity index (χ0) is 9.98. The van der Waals surface area contributed by atoms with Gasteiger partial charge in [0.2, 0.25) is 12.2 Å². The molecule has 1 rings (SSSR count). The summed E-state index contributed by atoms with van der Waals surface area (Å²) in [6.07, 6.45) is 1.50. The van der Waals surface area contributed by atoms with E-state index in [1.807, 2.05) is 10.9 Å². The minimum Gasteiger partial charge on any atom is -0.262 e. The highest BCUT2D eigenvalue weighted by Gasteiger charge is 2.21. The van der Waals surface area contributed by atoms with Gasteiger partial charge >= 0.3 is 11.8 Å². The highest BCUT2D eigenvalue weighted by Crippen LogP contribution is 1.70. The zero-order valence-corrected chi connectivity index (χ0v) is 5.63. The number of carbonyl (C=O) groups excluding carboxylic acids is 4. The van der Waals surface area contributed by atoms with E-state index in [0.29, 0.717) is 0 Å². The van der Waals surface area contributed by atoms with Crippen LogP contribution in [0.4, 0.5) is 0 Å². The van der Waals surface area contributed by atoms with Gasteiger partial charge in [-0.1, -0.05) is 0 Å². The van der Waals surface area contributed by atoms with Crippen molar-refractivity contribution in [2.24, 2.45) is 0 Å². The first-order valence-electron chi connectivity index (χ1n) is 2.32. The Balaban J connectivity index is 0. The fourth-order valence-corrected chi connectivity index (χ4v) is 0.165. The van der Waals surface area contributed by atoms with E-state index in [4.69, 9.17) is 20.4 Å².